The SMILES string of the molecule is CNC(Cc1ccccc1)C(O)(c1ccccc1OC(C)C)c1ccccc1OC(C)C. The molecule has 4 nitrogen and oxygen atoms in total. The first-order valence-electron chi connectivity index (χ1n) is 11.3. The molecule has 0 aromatic heterocycles. The molecule has 0 spiro atoms. The van der Waals surface area contributed by atoms with Crippen molar-refractivity contribution < 1.29 is 14.6 Å². The summed E-state index contributed by atoms with van der Waals surface area (Å²) in [7, 11) is 1.89. The van der Waals surface area contributed by atoms with E-state index in [9.17, 15) is 5.11 Å². The molecule has 0 aliphatic heterocycles. The molecule has 0 saturated carbocycles. The van der Waals surface area contributed by atoms with Crippen molar-refractivity contribution in [2.75, 3.05) is 7.05 Å². The van der Waals surface area contributed by atoms with E-state index >= 15 is 0 Å². The lowest BCUT2D eigenvalue weighted by Gasteiger charge is -2.39. The Labute approximate surface area is 192 Å². The van der Waals surface area contributed by atoms with Gasteiger partial charge in [-0.25, -0.2) is 0 Å². The minimum atomic E-state index is -1.40. The van der Waals surface area contributed by atoms with Gasteiger partial charge in [0.2, 0.25) is 0 Å². The number of aliphatic hydroxyl groups is 1. The van der Waals surface area contributed by atoms with Crippen molar-refractivity contribution in [3.63, 3.8) is 0 Å². The summed E-state index contributed by atoms with van der Waals surface area (Å²) in [4.78, 5) is 0. The van der Waals surface area contributed by atoms with Crippen molar-refractivity contribution >= 4 is 0 Å². The molecular weight excluding hydrogens is 398 g/mol. The molecule has 4 heteroatoms. The van der Waals surface area contributed by atoms with Gasteiger partial charge < -0.3 is 19.9 Å². The van der Waals surface area contributed by atoms with Gasteiger partial charge in [-0.1, -0.05) is 66.7 Å². The topological polar surface area (TPSA) is 50.7 Å². The van der Waals surface area contributed by atoms with E-state index in [1.807, 2.05) is 101 Å². The van der Waals surface area contributed by atoms with Gasteiger partial charge in [0.15, 0.2) is 0 Å². The fourth-order valence-electron chi connectivity index (χ4n) is 4.11. The molecule has 0 heterocycles. The second kappa shape index (κ2) is 10.7. The summed E-state index contributed by atoms with van der Waals surface area (Å²) in [6, 6.07) is 25.3. The van der Waals surface area contributed by atoms with Crippen molar-refractivity contribution in [1.29, 1.82) is 0 Å². The van der Waals surface area contributed by atoms with Gasteiger partial charge >= 0.3 is 0 Å². The van der Waals surface area contributed by atoms with Gasteiger partial charge in [0.05, 0.1) is 12.2 Å². The quantitative estimate of drug-likeness (QED) is 0.454. The Morgan fingerprint density at radius 3 is 1.59 bits per heavy atom. The van der Waals surface area contributed by atoms with E-state index in [2.05, 4.69) is 17.4 Å². The molecule has 0 bridgehead atoms. The van der Waals surface area contributed by atoms with Crippen LogP contribution in [-0.2, 0) is 12.0 Å². The molecule has 32 heavy (non-hydrogen) atoms. The van der Waals surface area contributed by atoms with Crippen LogP contribution in [0.25, 0.3) is 0 Å². The van der Waals surface area contributed by atoms with Gasteiger partial charge in [-0.2, -0.15) is 0 Å². The Bertz CT molecular complexity index is 931. The van der Waals surface area contributed by atoms with Crippen molar-refractivity contribution in [2.45, 2.75) is 58.0 Å². The molecule has 1 unspecified atom stereocenters. The molecule has 1 atom stereocenters. The zero-order chi connectivity index (χ0) is 23.1. The largest absolute Gasteiger partial charge is 0.491 e. The van der Waals surface area contributed by atoms with Gasteiger partial charge in [-0.3, -0.25) is 0 Å². The van der Waals surface area contributed by atoms with E-state index in [0.717, 1.165) is 5.56 Å². The summed E-state index contributed by atoms with van der Waals surface area (Å²) in [5, 5.41) is 16.0. The average molecular weight is 434 g/mol. The molecule has 2 N–H and O–H groups in total. The molecule has 0 radical (unpaired) electrons. The third-order valence-corrected chi connectivity index (χ3v) is 5.46. The van der Waals surface area contributed by atoms with E-state index in [1.54, 1.807) is 0 Å². The summed E-state index contributed by atoms with van der Waals surface area (Å²) in [5.41, 5.74) is 1.16. The molecule has 0 aliphatic rings. The second-order valence-electron chi connectivity index (χ2n) is 8.62. The van der Waals surface area contributed by atoms with E-state index in [1.165, 1.54) is 0 Å². The normalized spacial score (nSPS) is 12.8. The summed E-state index contributed by atoms with van der Waals surface area (Å²) in [6.45, 7) is 7.96. The van der Waals surface area contributed by atoms with Crippen LogP contribution in [0.5, 0.6) is 11.5 Å². The Balaban J connectivity index is 2.23. The van der Waals surface area contributed by atoms with Crippen LogP contribution in [0.3, 0.4) is 0 Å². The highest BCUT2D eigenvalue weighted by Crippen LogP contribution is 2.43. The lowest BCUT2D eigenvalue weighted by molar-refractivity contribution is 0.0323. The van der Waals surface area contributed by atoms with Crippen LogP contribution in [0.4, 0.5) is 0 Å². The van der Waals surface area contributed by atoms with Crippen molar-refractivity contribution in [3.05, 3.63) is 95.6 Å². The summed E-state index contributed by atoms with van der Waals surface area (Å²) < 4.78 is 12.3. The first-order chi connectivity index (χ1) is 15.4. The van der Waals surface area contributed by atoms with E-state index in [-0.39, 0.29) is 18.2 Å². The number of hydrogen-bond acceptors (Lipinski definition) is 4. The number of rotatable bonds is 10. The number of hydrogen-bond donors (Lipinski definition) is 2. The van der Waals surface area contributed by atoms with Crippen molar-refractivity contribution in [2.24, 2.45) is 0 Å². The van der Waals surface area contributed by atoms with E-state index in [0.29, 0.717) is 29.0 Å². The maximum atomic E-state index is 12.6. The zero-order valence-electron chi connectivity index (χ0n) is 19.7. The zero-order valence-corrected chi connectivity index (χ0v) is 19.7. The molecular formula is C28H35NO3. The third-order valence-electron chi connectivity index (χ3n) is 5.46. The Hall–Kier alpha value is -2.82. The smallest absolute Gasteiger partial charge is 0.137 e. The molecule has 3 aromatic rings. The van der Waals surface area contributed by atoms with Crippen molar-refractivity contribution in [1.82, 2.24) is 5.32 Å². The first kappa shape index (κ1) is 23.8. The fourth-order valence-corrected chi connectivity index (χ4v) is 4.11. The van der Waals surface area contributed by atoms with Crippen LogP contribution in [0.15, 0.2) is 78.9 Å². The Morgan fingerprint density at radius 1 is 0.719 bits per heavy atom. The van der Waals surface area contributed by atoms with Gasteiger partial charge in [-0.05, 0) is 58.9 Å². The Kier molecular flexibility index (Phi) is 7.94. The number of para-hydroxylation sites is 2. The molecule has 0 amide bonds. The Morgan fingerprint density at radius 2 is 1.16 bits per heavy atom. The van der Waals surface area contributed by atoms with E-state index in [4.69, 9.17) is 9.47 Å². The lowest BCUT2D eigenvalue weighted by atomic mass is 9.77. The molecule has 3 aromatic carbocycles. The van der Waals surface area contributed by atoms with Crippen molar-refractivity contribution in [3.8, 4) is 11.5 Å². The maximum absolute atomic E-state index is 12.6. The third kappa shape index (κ3) is 5.32. The van der Waals surface area contributed by atoms with Gasteiger partial charge in [-0.15, -0.1) is 0 Å². The lowest BCUT2D eigenvalue weighted by Crippen LogP contribution is -2.50. The second-order valence-corrected chi connectivity index (χ2v) is 8.62. The minimum Gasteiger partial charge on any atom is -0.491 e. The summed E-state index contributed by atoms with van der Waals surface area (Å²) >= 11 is 0. The highest BCUT2D eigenvalue weighted by atomic mass is 16.5. The fraction of sp³-hybridized carbons (Fsp3) is 0.357. The van der Waals surface area contributed by atoms with E-state index < -0.39 is 5.60 Å². The first-order valence-corrected chi connectivity index (χ1v) is 11.3. The number of nitrogens with one attached hydrogen (secondary N) is 1. The summed E-state index contributed by atoms with van der Waals surface area (Å²) in [5.74, 6) is 1.33. The highest BCUT2D eigenvalue weighted by molar-refractivity contribution is 5.51. The van der Waals surface area contributed by atoms with Gasteiger partial charge in [0, 0.05) is 17.2 Å². The predicted octanol–water partition coefficient (Wildman–Crippen LogP) is 5.33. The van der Waals surface area contributed by atoms with Crippen LogP contribution in [0.2, 0.25) is 0 Å². The highest BCUT2D eigenvalue weighted by Gasteiger charge is 2.44. The van der Waals surface area contributed by atoms with Gasteiger partial charge in [0.25, 0.3) is 0 Å². The van der Waals surface area contributed by atoms with Crippen LogP contribution in [0.1, 0.15) is 44.4 Å². The number of benzene rings is 3. The monoisotopic (exact) mass is 433 g/mol. The van der Waals surface area contributed by atoms with Crippen LogP contribution in [-0.4, -0.2) is 30.4 Å². The molecule has 170 valence electrons. The molecule has 0 fully saturated rings. The average Bonchev–Trinajstić information content (AvgIpc) is 2.77. The van der Waals surface area contributed by atoms with Crippen LogP contribution >= 0.6 is 0 Å². The summed E-state index contributed by atoms with van der Waals surface area (Å²) in [6.07, 6.45) is 0.578. The number of ether oxygens (including phenoxy) is 2. The minimum absolute atomic E-state index is 0.0234. The van der Waals surface area contributed by atoms with Crippen LogP contribution < -0.4 is 14.8 Å². The molecule has 0 saturated heterocycles. The standard InChI is InChI=1S/C28H35NO3/c1-20(2)31-25-17-11-9-15-23(25)28(30,24-16-10-12-18-26(24)32-21(3)4)27(29-5)19-22-13-7-6-8-14-22/h6-18,20-21,27,29-30H,19H2,1-5H3. The van der Waals surface area contributed by atoms with Gasteiger partial charge in [0.1, 0.15) is 17.1 Å². The number of likely N-dealkylation sites (N-methyl/N-ethyl adjacent to an activating group) is 1. The predicted molar refractivity (Wildman–Crippen MR) is 130 cm³/mol. The molecule has 3 rings (SSSR count). The maximum Gasteiger partial charge on any atom is 0.137 e. The van der Waals surface area contributed by atoms with Crippen LogP contribution in [0, 0.1) is 0 Å². The molecule has 0 aliphatic carbocycles.